The average Bonchev–Trinajstić information content (AvgIpc) is 3.34. The van der Waals surface area contributed by atoms with Gasteiger partial charge in [0, 0.05) is 52.0 Å². The topological polar surface area (TPSA) is 115 Å². The number of likely N-dealkylation sites (tertiary alicyclic amines) is 1. The SMILES string of the molecule is COCc1c(C(=O)N2CCCC(N(CCc3noc(C4CCC4)n3)C(C)=O)C2)noc1C. The number of ether oxygens (including phenoxy) is 1. The van der Waals surface area contributed by atoms with Gasteiger partial charge in [-0.3, -0.25) is 9.59 Å². The summed E-state index contributed by atoms with van der Waals surface area (Å²) in [7, 11) is 1.57. The van der Waals surface area contributed by atoms with E-state index in [0.29, 0.717) is 55.0 Å². The monoisotopic (exact) mass is 445 g/mol. The maximum absolute atomic E-state index is 13.1. The Balaban J connectivity index is 1.40. The second-order valence-electron chi connectivity index (χ2n) is 8.69. The van der Waals surface area contributed by atoms with Crippen molar-refractivity contribution in [1.29, 1.82) is 0 Å². The molecule has 2 amide bonds. The Labute approximate surface area is 187 Å². The molecule has 10 heteroatoms. The largest absolute Gasteiger partial charge is 0.380 e. The summed E-state index contributed by atoms with van der Waals surface area (Å²) in [5, 5.41) is 8.05. The number of amides is 2. The zero-order valence-corrected chi connectivity index (χ0v) is 19.0. The number of nitrogens with zero attached hydrogens (tertiary/aromatic N) is 5. The lowest BCUT2D eigenvalue weighted by molar-refractivity contribution is -0.132. The molecule has 0 radical (unpaired) electrons. The van der Waals surface area contributed by atoms with Crippen molar-refractivity contribution < 1.29 is 23.4 Å². The fraction of sp³-hybridized carbons (Fsp3) is 0.682. The van der Waals surface area contributed by atoms with E-state index in [1.807, 2.05) is 4.90 Å². The van der Waals surface area contributed by atoms with Gasteiger partial charge in [0.05, 0.1) is 12.2 Å². The van der Waals surface area contributed by atoms with Crippen molar-refractivity contribution in [2.24, 2.45) is 0 Å². The summed E-state index contributed by atoms with van der Waals surface area (Å²) in [6, 6.07) is -0.0675. The third kappa shape index (κ3) is 4.69. The van der Waals surface area contributed by atoms with E-state index in [1.165, 1.54) is 6.42 Å². The Kier molecular flexibility index (Phi) is 6.88. The summed E-state index contributed by atoms with van der Waals surface area (Å²) in [6.07, 6.45) is 5.59. The quantitative estimate of drug-likeness (QED) is 0.609. The lowest BCUT2D eigenvalue weighted by Gasteiger charge is -2.38. The van der Waals surface area contributed by atoms with Gasteiger partial charge in [0.2, 0.25) is 11.8 Å². The van der Waals surface area contributed by atoms with Gasteiger partial charge in [0.1, 0.15) is 5.76 Å². The van der Waals surface area contributed by atoms with Crippen LogP contribution in [0.5, 0.6) is 0 Å². The molecule has 2 aliphatic rings. The predicted molar refractivity (Wildman–Crippen MR) is 113 cm³/mol. The maximum atomic E-state index is 13.1. The van der Waals surface area contributed by atoms with Gasteiger partial charge in [0.15, 0.2) is 11.5 Å². The number of aromatic nitrogens is 3. The van der Waals surface area contributed by atoms with Crippen molar-refractivity contribution in [2.75, 3.05) is 26.7 Å². The van der Waals surface area contributed by atoms with Crippen LogP contribution in [0.4, 0.5) is 0 Å². The number of aryl methyl sites for hydroxylation is 1. The molecular formula is C22H31N5O5. The van der Waals surface area contributed by atoms with Crippen LogP contribution < -0.4 is 0 Å². The second kappa shape index (κ2) is 9.81. The van der Waals surface area contributed by atoms with Crippen LogP contribution in [0.3, 0.4) is 0 Å². The van der Waals surface area contributed by atoms with Gasteiger partial charge in [-0.05, 0) is 32.6 Å². The van der Waals surface area contributed by atoms with Gasteiger partial charge in [-0.1, -0.05) is 16.7 Å². The number of hydrogen-bond acceptors (Lipinski definition) is 8. The van der Waals surface area contributed by atoms with Gasteiger partial charge in [-0.2, -0.15) is 4.98 Å². The molecule has 1 aliphatic heterocycles. The lowest BCUT2D eigenvalue weighted by Crippen LogP contribution is -2.52. The zero-order valence-electron chi connectivity index (χ0n) is 19.0. The van der Waals surface area contributed by atoms with Gasteiger partial charge in [-0.15, -0.1) is 0 Å². The highest BCUT2D eigenvalue weighted by Crippen LogP contribution is 2.35. The summed E-state index contributed by atoms with van der Waals surface area (Å²) in [5.74, 6) is 2.10. The molecule has 0 N–H and O–H groups in total. The van der Waals surface area contributed by atoms with E-state index in [2.05, 4.69) is 15.3 Å². The molecule has 3 heterocycles. The van der Waals surface area contributed by atoms with Crippen LogP contribution in [0, 0.1) is 6.92 Å². The molecule has 1 saturated carbocycles. The molecule has 4 rings (SSSR count). The van der Waals surface area contributed by atoms with Gasteiger partial charge >= 0.3 is 0 Å². The highest BCUT2D eigenvalue weighted by molar-refractivity contribution is 5.94. The van der Waals surface area contributed by atoms with Gasteiger partial charge in [0.25, 0.3) is 5.91 Å². The molecule has 0 aromatic carbocycles. The molecule has 1 saturated heterocycles. The molecule has 10 nitrogen and oxygen atoms in total. The number of methoxy groups -OCH3 is 1. The molecule has 2 fully saturated rings. The van der Waals surface area contributed by atoms with E-state index in [4.69, 9.17) is 13.8 Å². The van der Waals surface area contributed by atoms with E-state index >= 15 is 0 Å². The zero-order chi connectivity index (χ0) is 22.7. The predicted octanol–water partition coefficient (Wildman–Crippen LogP) is 2.48. The standard InChI is InChI=1S/C22H31N5O5/c1-14-18(13-30-3)20(25-31-14)22(29)26-10-5-8-17(12-26)27(15(2)28)11-9-19-23-21(32-24-19)16-6-4-7-16/h16-17H,4-13H2,1-3H3. The fourth-order valence-electron chi connectivity index (χ4n) is 4.42. The van der Waals surface area contributed by atoms with Crippen molar-refractivity contribution in [1.82, 2.24) is 25.1 Å². The normalized spacial score (nSPS) is 19.1. The van der Waals surface area contributed by atoms with Gasteiger partial charge < -0.3 is 23.6 Å². The van der Waals surface area contributed by atoms with E-state index in [9.17, 15) is 9.59 Å². The Morgan fingerprint density at radius 3 is 2.69 bits per heavy atom. The minimum atomic E-state index is -0.189. The first-order chi connectivity index (χ1) is 15.5. The Hall–Kier alpha value is -2.75. The summed E-state index contributed by atoms with van der Waals surface area (Å²) >= 11 is 0. The second-order valence-corrected chi connectivity index (χ2v) is 8.69. The fourth-order valence-corrected chi connectivity index (χ4v) is 4.42. The van der Waals surface area contributed by atoms with Crippen LogP contribution in [-0.2, 0) is 22.6 Å². The Morgan fingerprint density at radius 1 is 1.19 bits per heavy atom. The highest BCUT2D eigenvalue weighted by atomic mass is 16.5. The van der Waals surface area contributed by atoms with Crippen LogP contribution >= 0.6 is 0 Å². The van der Waals surface area contributed by atoms with Crippen molar-refractivity contribution >= 4 is 11.8 Å². The Morgan fingerprint density at radius 2 is 2.00 bits per heavy atom. The average molecular weight is 446 g/mol. The minimum absolute atomic E-state index is 0.0237. The lowest BCUT2D eigenvalue weighted by atomic mass is 9.85. The number of hydrogen-bond donors (Lipinski definition) is 0. The number of rotatable bonds is 8. The van der Waals surface area contributed by atoms with Crippen LogP contribution in [0.25, 0.3) is 0 Å². The summed E-state index contributed by atoms with van der Waals surface area (Å²) in [6.45, 7) is 5.16. The van der Waals surface area contributed by atoms with Crippen molar-refractivity contribution in [3.8, 4) is 0 Å². The Bertz CT molecular complexity index is 950. The first kappa shape index (κ1) is 22.4. The first-order valence-electron chi connectivity index (χ1n) is 11.3. The van der Waals surface area contributed by atoms with Crippen molar-refractivity contribution in [2.45, 2.75) is 70.9 Å². The van der Waals surface area contributed by atoms with Crippen LogP contribution in [0.2, 0.25) is 0 Å². The molecular weight excluding hydrogens is 414 g/mol. The molecule has 0 spiro atoms. The van der Waals surface area contributed by atoms with E-state index in [0.717, 1.165) is 25.7 Å². The van der Waals surface area contributed by atoms with Crippen LogP contribution in [0.1, 0.15) is 78.5 Å². The molecule has 1 aliphatic carbocycles. The number of carbonyl (C=O) groups is 2. The molecule has 0 bridgehead atoms. The number of piperidine rings is 1. The molecule has 1 atom stereocenters. The first-order valence-corrected chi connectivity index (χ1v) is 11.3. The third-order valence-electron chi connectivity index (χ3n) is 6.52. The highest BCUT2D eigenvalue weighted by Gasteiger charge is 2.32. The maximum Gasteiger partial charge on any atom is 0.276 e. The van der Waals surface area contributed by atoms with Crippen LogP contribution in [0.15, 0.2) is 9.05 Å². The van der Waals surface area contributed by atoms with E-state index in [-0.39, 0.29) is 30.2 Å². The molecule has 174 valence electrons. The van der Waals surface area contributed by atoms with E-state index < -0.39 is 0 Å². The molecule has 1 unspecified atom stereocenters. The minimum Gasteiger partial charge on any atom is -0.380 e. The van der Waals surface area contributed by atoms with E-state index in [1.54, 1.807) is 25.9 Å². The molecule has 32 heavy (non-hydrogen) atoms. The smallest absolute Gasteiger partial charge is 0.276 e. The summed E-state index contributed by atoms with van der Waals surface area (Å²) in [5.41, 5.74) is 0.956. The number of carbonyl (C=O) groups excluding carboxylic acids is 2. The summed E-state index contributed by atoms with van der Waals surface area (Å²) in [4.78, 5) is 33.7. The van der Waals surface area contributed by atoms with Gasteiger partial charge in [-0.25, -0.2) is 0 Å². The van der Waals surface area contributed by atoms with Crippen LogP contribution in [-0.4, -0.2) is 69.7 Å². The molecule has 2 aromatic heterocycles. The summed E-state index contributed by atoms with van der Waals surface area (Å²) < 4.78 is 15.8. The molecule has 2 aromatic rings. The van der Waals surface area contributed by atoms with Crippen molar-refractivity contribution in [3.63, 3.8) is 0 Å². The van der Waals surface area contributed by atoms with Crippen molar-refractivity contribution in [3.05, 3.63) is 28.7 Å². The third-order valence-corrected chi connectivity index (χ3v) is 6.52.